The van der Waals surface area contributed by atoms with Crippen LogP contribution in [0.3, 0.4) is 0 Å². The lowest BCUT2D eigenvalue weighted by Gasteiger charge is -2.45. The predicted octanol–water partition coefficient (Wildman–Crippen LogP) is 3.59. The van der Waals surface area contributed by atoms with Crippen LogP contribution in [0.25, 0.3) is 0 Å². The van der Waals surface area contributed by atoms with Gasteiger partial charge in [-0.3, -0.25) is 0 Å². The van der Waals surface area contributed by atoms with Crippen LogP contribution in [-0.2, 0) is 0 Å². The SMILES string of the molecule is CCC(CC)(CNC(C)C)C1CCC1. The van der Waals surface area contributed by atoms with E-state index in [9.17, 15) is 0 Å². The lowest BCUT2D eigenvalue weighted by Crippen LogP contribution is -2.44. The van der Waals surface area contributed by atoms with Gasteiger partial charge >= 0.3 is 0 Å². The summed E-state index contributed by atoms with van der Waals surface area (Å²) >= 11 is 0. The summed E-state index contributed by atoms with van der Waals surface area (Å²) in [5.41, 5.74) is 0.600. The van der Waals surface area contributed by atoms with Crippen molar-refractivity contribution in [2.75, 3.05) is 6.54 Å². The molecule has 0 heterocycles. The van der Waals surface area contributed by atoms with E-state index in [0.29, 0.717) is 11.5 Å². The third-order valence-corrected chi connectivity index (χ3v) is 4.24. The molecule has 0 aromatic heterocycles. The van der Waals surface area contributed by atoms with Crippen molar-refractivity contribution in [3.05, 3.63) is 0 Å². The molecule has 1 aliphatic carbocycles. The van der Waals surface area contributed by atoms with E-state index in [2.05, 4.69) is 33.0 Å². The van der Waals surface area contributed by atoms with E-state index in [1.165, 1.54) is 38.6 Å². The van der Waals surface area contributed by atoms with Gasteiger partial charge in [-0.2, -0.15) is 0 Å². The molecular formula is C13H27N. The number of hydrogen-bond acceptors (Lipinski definition) is 1. The molecule has 0 bridgehead atoms. The van der Waals surface area contributed by atoms with Gasteiger partial charge in [0.15, 0.2) is 0 Å². The molecule has 0 aromatic carbocycles. The average molecular weight is 197 g/mol. The average Bonchev–Trinajstić information content (AvgIpc) is 2.09. The summed E-state index contributed by atoms with van der Waals surface area (Å²) in [5.74, 6) is 1.00. The van der Waals surface area contributed by atoms with Crippen LogP contribution in [0.4, 0.5) is 0 Å². The van der Waals surface area contributed by atoms with Gasteiger partial charge in [0.25, 0.3) is 0 Å². The first-order valence-electron chi connectivity index (χ1n) is 6.38. The molecule has 0 saturated heterocycles. The van der Waals surface area contributed by atoms with Crippen LogP contribution >= 0.6 is 0 Å². The molecule has 0 unspecified atom stereocenters. The highest BCUT2D eigenvalue weighted by Gasteiger charge is 2.38. The highest BCUT2D eigenvalue weighted by atomic mass is 14.9. The monoisotopic (exact) mass is 197 g/mol. The summed E-state index contributed by atoms with van der Waals surface area (Å²) in [6.07, 6.45) is 7.10. The second-order valence-corrected chi connectivity index (χ2v) is 5.23. The Morgan fingerprint density at radius 1 is 1.21 bits per heavy atom. The first-order valence-corrected chi connectivity index (χ1v) is 6.38. The summed E-state index contributed by atoms with van der Waals surface area (Å²) in [7, 11) is 0. The summed E-state index contributed by atoms with van der Waals surface area (Å²) in [6.45, 7) is 10.4. The Hall–Kier alpha value is -0.0400. The maximum absolute atomic E-state index is 3.64. The van der Waals surface area contributed by atoms with Gasteiger partial charge in [0.2, 0.25) is 0 Å². The molecule has 1 heteroatoms. The van der Waals surface area contributed by atoms with Crippen LogP contribution in [0.1, 0.15) is 59.8 Å². The van der Waals surface area contributed by atoms with Gasteiger partial charge in [0, 0.05) is 12.6 Å². The quantitative estimate of drug-likeness (QED) is 0.686. The van der Waals surface area contributed by atoms with Crippen LogP contribution in [0, 0.1) is 11.3 Å². The highest BCUT2D eigenvalue weighted by molar-refractivity contribution is 4.91. The number of rotatable bonds is 6. The lowest BCUT2D eigenvalue weighted by atomic mass is 9.62. The minimum atomic E-state index is 0.600. The molecule has 0 spiro atoms. The van der Waals surface area contributed by atoms with Gasteiger partial charge < -0.3 is 5.32 Å². The third kappa shape index (κ3) is 2.50. The zero-order valence-electron chi connectivity index (χ0n) is 10.4. The molecule has 0 aromatic rings. The smallest absolute Gasteiger partial charge is 0.00126 e. The summed E-state index contributed by atoms with van der Waals surface area (Å²) in [4.78, 5) is 0. The zero-order valence-corrected chi connectivity index (χ0v) is 10.4. The molecule has 1 aliphatic rings. The molecule has 84 valence electrons. The van der Waals surface area contributed by atoms with Gasteiger partial charge in [-0.1, -0.05) is 34.1 Å². The fourth-order valence-corrected chi connectivity index (χ4v) is 2.65. The molecule has 0 radical (unpaired) electrons. The van der Waals surface area contributed by atoms with E-state index >= 15 is 0 Å². The topological polar surface area (TPSA) is 12.0 Å². The van der Waals surface area contributed by atoms with E-state index in [4.69, 9.17) is 0 Å². The van der Waals surface area contributed by atoms with E-state index in [1.54, 1.807) is 0 Å². The van der Waals surface area contributed by atoms with Gasteiger partial charge in [0.05, 0.1) is 0 Å². The van der Waals surface area contributed by atoms with E-state index < -0.39 is 0 Å². The van der Waals surface area contributed by atoms with E-state index in [1.807, 2.05) is 0 Å². The van der Waals surface area contributed by atoms with Crippen LogP contribution in [-0.4, -0.2) is 12.6 Å². The number of hydrogen-bond donors (Lipinski definition) is 1. The summed E-state index contributed by atoms with van der Waals surface area (Å²) < 4.78 is 0. The molecule has 14 heavy (non-hydrogen) atoms. The van der Waals surface area contributed by atoms with Crippen LogP contribution in [0.5, 0.6) is 0 Å². The largest absolute Gasteiger partial charge is 0.314 e. The summed E-state index contributed by atoms with van der Waals surface area (Å²) in [5, 5.41) is 3.64. The summed E-state index contributed by atoms with van der Waals surface area (Å²) in [6, 6.07) is 0.632. The molecule has 0 aliphatic heterocycles. The fraction of sp³-hybridized carbons (Fsp3) is 1.00. The molecular weight excluding hydrogens is 170 g/mol. The fourth-order valence-electron chi connectivity index (χ4n) is 2.65. The standard InChI is InChI=1S/C13H27N/c1-5-13(6-2,10-14-11(3)4)12-8-7-9-12/h11-12,14H,5-10H2,1-4H3. The Kier molecular flexibility index (Phi) is 4.43. The molecule has 1 saturated carbocycles. The van der Waals surface area contributed by atoms with Crippen molar-refractivity contribution in [1.82, 2.24) is 5.32 Å². The van der Waals surface area contributed by atoms with Crippen molar-refractivity contribution in [2.45, 2.75) is 65.8 Å². The van der Waals surface area contributed by atoms with Gasteiger partial charge in [-0.25, -0.2) is 0 Å². The molecule has 1 nitrogen and oxygen atoms in total. The predicted molar refractivity (Wildman–Crippen MR) is 63.5 cm³/mol. The number of nitrogens with one attached hydrogen (secondary N) is 1. The van der Waals surface area contributed by atoms with E-state index in [-0.39, 0.29) is 0 Å². The van der Waals surface area contributed by atoms with Crippen molar-refractivity contribution < 1.29 is 0 Å². The van der Waals surface area contributed by atoms with Crippen LogP contribution in [0.2, 0.25) is 0 Å². The van der Waals surface area contributed by atoms with E-state index in [0.717, 1.165) is 5.92 Å². The lowest BCUT2D eigenvalue weighted by molar-refractivity contribution is 0.0693. The minimum Gasteiger partial charge on any atom is -0.314 e. The first-order chi connectivity index (χ1) is 6.64. The molecule has 0 amide bonds. The van der Waals surface area contributed by atoms with Gasteiger partial charge in [-0.05, 0) is 37.0 Å². The van der Waals surface area contributed by atoms with Crippen LogP contribution < -0.4 is 5.32 Å². The highest BCUT2D eigenvalue weighted by Crippen LogP contribution is 2.46. The zero-order chi connectivity index (χ0) is 10.6. The Morgan fingerprint density at radius 3 is 2.07 bits per heavy atom. The second kappa shape index (κ2) is 5.16. The van der Waals surface area contributed by atoms with Crippen molar-refractivity contribution in [2.24, 2.45) is 11.3 Å². The first kappa shape index (κ1) is 12.0. The van der Waals surface area contributed by atoms with Crippen molar-refractivity contribution in [3.8, 4) is 0 Å². The maximum Gasteiger partial charge on any atom is 0.00126 e. The Morgan fingerprint density at radius 2 is 1.79 bits per heavy atom. The Labute approximate surface area is 89.7 Å². The van der Waals surface area contributed by atoms with Crippen molar-refractivity contribution in [3.63, 3.8) is 0 Å². The normalized spacial score (nSPS) is 18.6. The second-order valence-electron chi connectivity index (χ2n) is 5.23. The third-order valence-electron chi connectivity index (χ3n) is 4.24. The molecule has 0 atom stereocenters. The Bertz CT molecular complexity index is 155. The van der Waals surface area contributed by atoms with Crippen molar-refractivity contribution >= 4 is 0 Å². The van der Waals surface area contributed by atoms with Crippen LogP contribution in [0.15, 0.2) is 0 Å². The minimum absolute atomic E-state index is 0.600. The molecule has 1 N–H and O–H groups in total. The molecule has 1 fully saturated rings. The molecule has 1 rings (SSSR count). The van der Waals surface area contributed by atoms with Gasteiger partial charge in [-0.15, -0.1) is 0 Å². The maximum atomic E-state index is 3.64. The van der Waals surface area contributed by atoms with Crippen molar-refractivity contribution in [1.29, 1.82) is 0 Å². The Balaban J connectivity index is 2.50. The van der Waals surface area contributed by atoms with Gasteiger partial charge in [0.1, 0.15) is 0 Å².